The zero-order valence-electron chi connectivity index (χ0n) is 11.0. The molecule has 19 heavy (non-hydrogen) atoms. The van der Waals surface area contributed by atoms with Crippen molar-refractivity contribution in [1.29, 1.82) is 0 Å². The van der Waals surface area contributed by atoms with Gasteiger partial charge >= 0.3 is 0 Å². The van der Waals surface area contributed by atoms with Crippen LogP contribution in [0.15, 0.2) is 30.5 Å². The van der Waals surface area contributed by atoms with Crippen LogP contribution in [0.3, 0.4) is 0 Å². The largest absolute Gasteiger partial charge is 0.439 e. The molecule has 0 N–H and O–H groups in total. The Hall–Kier alpha value is -1.87. The number of aryl methyl sites for hydroxylation is 2. The number of halogens is 1. The van der Waals surface area contributed by atoms with Gasteiger partial charge in [-0.1, -0.05) is 11.6 Å². The van der Waals surface area contributed by atoms with Crippen LogP contribution in [0.5, 0.6) is 11.6 Å². The van der Waals surface area contributed by atoms with E-state index in [4.69, 9.17) is 16.3 Å². The SMILES string of the molecule is CC(=O)c1ccc(Oc2cc(C)c(Cl)c(C)c2)nc1. The Labute approximate surface area is 117 Å². The molecule has 0 amide bonds. The van der Waals surface area contributed by atoms with Gasteiger partial charge in [0, 0.05) is 22.8 Å². The molecule has 4 heteroatoms. The van der Waals surface area contributed by atoms with Gasteiger partial charge < -0.3 is 4.74 Å². The Morgan fingerprint density at radius 1 is 1.21 bits per heavy atom. The van der Waals surface area contributed by atoms with Crippen LogP contribution in [0.4, 0.5) is 0 Å². The van der Waals surface area contributed by atoms with Gasteiger partial charge in [0.05, 0.1) is 0 Å². The highest BCUT2D eigenvalue weighted by atomic mass is 35.5. The van der Waals surface area contributed by atoms with Gasteiger partial charge in [-0.05, 0) is 50.1 Å². The Morgan fingerprint density at radius 3 is 2.32 bits per heavy atom. The van der Waals surface area contributed by atoms with E-state index in [0.29, 0.717) is 17.2 Å². The predicted molar refractivity (Wildman–Crippen MR) is 75.2 cm³/mol. The van der Waals surface area contributed by atoms with Crippen LogP contribution in [-0.4, -0.2) is 10.8 Å². The van der Waals surface area contributed by atoms with E-state index in [1.54, 1.807) is 12.1 Å². The minimum absolute atomic E-state index is 0.0165. The lowest BCUT2D eigenvalue weighted by atomic mass is 10.1. The average Bonchev–Trinajstić information content (AvgIpc) is 2.36. The number of carbonyl (C=O) groups is 1. The second kappa shape index (κ2) is 5.41. The third-order valence-corrected chi connectivity index (χ3v) is 3.37. The summed E-state index contributed by atoms with van der Waals surface area (Å²) in [6.45, 7) is 5.35. The second-order valence-corrected chi connectivity index (χ2v) is 4.79. The van der Waals surface area contributed by atoms with Crippen molar-refractivity contribution in [3.8, 4) is 11.6 Å². The molecule has 0 bridgehead atoms. The van der Waals surface area contributed by atoms with Crippen molar-refractivity contribution in [2.75, 3.05) is 0 Å². The maximum atomic E-state index is 11.1. The lowest BCUT2D eigenvalue weighted by Gasteiger charge is -2.09. The molecule has 0 radical (unpaired) electrons. The number of ketones is 1. The summed E-state index contributed by atoms with van der Waals surface area (Å²) in [5.41, 5.74) is 2.48. The first-order valence-corrected chi connectivity index (χ1v) is 6.27. The van der Waals surface area contributed by atoms with Crippen LogP contribution >= 0.6 is 11.6 Å². The molecule has 3 nitrogen and oxygen atoms in total. The van der Waals surface area contributed by atoms with Crippen LogP contribution in [0, 0.1) is 13.8 Å². The fraction of sp³-hybridized carbons (Fsp3) is 0.200. The summed E-state index contributed by atoms with van der Waals surface area (Å²) in [5, 5.41) is 0.743. The highest BCUT2D eigenvalue weighted by Crippen LogP contribution is 2.28. The average molecular weight is 276 g/mol. The van der Waals surface area contributed by atoms with Crippen molar-refractivity contribution in [3.05, 3.63) is 52.2 Å². The summed E-state index contributed by atoms with van der Waals surface area (Å²) in [6, 6.07) is 7.09. The highest BCUT2D eigenvalue weighted by Gasteiger charge is 2.06. The quantitative estimate of drug-likeness (QED) is 0.782. The van der Waals surface area contributed by atoms with Crippen LogP contribution < -0.4 is 4.74 Å². The maximum absolute atomic E-state index is 11.1. The zero-order chi connectivity index (χ0) is 14.0. The van der Waals surface area contributed by atoms with Crippen LogP contribution in [-0.2, 0) is 0 Å². The molecule has 2 rings (SSSR count). The topological polar surface area (TPSA) is 39.2 Å². The Morgan fingerprint density at radius 2 is 1.84 bits per heavy atom. The van der Waals surface area contributed by atoms with E-state index in [0.717, 1.165) is 16.1 Å². The number of Topliss-reactive ketones (excluding diaryl/α,β-unsaturated/α-hetero) is 1. The number of rotatable bonds is 3. The normalized spacial score (nSPS) is 10.3. The number of aromatic nitrogens is 1. The first-order valence-electron chi connectivity index (χ1n) is 5.89. The summed E-state index contributed by atoms with van der Waals surface area (Å²) >= 11 is 6.10. The van der Waals surface area contributed by atoms with Crippen molar-refractivity contribution >= 4 is 17.4 Å². The molecule has 0 aliphatic rings. The van der Waals surface area contributed by atoms with Crippen molar-refractivity contribution in [2.45, 2.75) is 20.8 Å². The molecular weight excluding hydrogens is 262 g/mol. The molecule has 0 spiro atoms. The first-order chi connectivity index (χ1) is 8.97. The smallest absolute Gasteiger partial charge is 0.219 e. The van der Waals surface area contributed by atoms with E-state index in [-0.39, 0.29) is 5.78 Å². The van der Waals surface area contributed by atoms with Gasteiger partial charge in [-0.25, -0.2) is 4.98 Å². The number of ether oxygens (including phenoxy) is 1. The molecule has 1 aromatic carbocycles. The molecule has 0 unspecified atom stereocenters. The van der Waals surface area contributed by atoms with Gasteiger partial charge in [-0.2, -0.15) is 0 Å². The Kier molecular flexibility index (Phi) is 3.86. The fourth-order valence-corrected chi connectivity index (χ4v) is 1.84. The molecule has 0 atom stereocenters. The second-order valence-electron chi connectivity index (χ2n) is 4.41. The lowest BCUT2D eigenvalue weighted by molar-refractivity contribution is 0.101. The minimum atomic E-state index is -0.0165. The predicted octanol–water partition coefficient (Wildman–Crippen LogP) is 4.35. The van der Waals surface area contributed by atoms with Gasteiger partial charge in [-0.15, -0.1) is 0 Å². The fourth-order valence-electron chi connectivity index (χ4n) is 1.73. The molecule has 98 valence electrons. The van der Waals surface area contributed by atoms with Gasteiger partial charge in [0.25, 0.3) is 0 Å². The van der Waals surface area contributed by atoms with E-state index < -0.39 is 0 Å². The number of carbonyl (C=O) groups excluding carboxylic acids is 1. The van der Waals surface area contributed by atoms with Crippen molar-refractivity contribution in [1.82, 2.24) is 4.98 Å². The van der Waals surface area contributed by atoms with E-state index in [2.05, 4.69) is 4.98 Å². The summed E-state index contributed by atoms with van der Waals surface area (Å²) in [6.07, 6.45) is 1.51. The molecule has 0 saturated carbocycles. The summed E-state index contributed by atoms with van der Waals surface area (Å²) in [5.74, 6) is 1.12. The summed E-state index contributed by atoms with van der Waals surface area (Å²) in [4.78, 5) is 15.2. The summed E-state index contributed by atoms with van der Waals surface area (Å²) < 4.78 is 5.65. The molecule has 1 heterocycles. The summed E-state index contributed by atoms with van der Waals surface area (Å²) in [7, 11) is 0. The number of hydrogen-bond donors (Lipinski definition) is 0. The third kappa shape index (κ3) is 3.12. The highest BCUT2D eigenvalue weighted by molar-refractivity contribution is 6.32. The molecular formula is C15H14ClNO2. The first kappa shape index (κ1) is 13.6. The Balaban J connectivity index is 2.24. The molecule has 0 fully saturated rings. The molecule has 0 aliphatic carbocycles. The van der Waals surface area contributed by atoms with E-state index >= 15 is 0 Å². The third-order valence-electron chi connectivity index (χ3n) is 2.78. The van der Waals surface area contributed by atoms with Gasteiger partial charge in [0.2, 0.25) is 5.88 Å². The van der Waals surface area contributed by atoms with Gasteiger partial charge in [0.1, 0.15) is 5.75 Å². The van der Waals surface area contributed by atoms with Crippen molar-refractivity contribution in [3.63, 3.8) is 0 Å². The Bertz CT molecular complexity index is 598. The van der Waals surface area contributed by atoms with Crippen LogP contribution in [0.1, 0.15) is 28.4 Å². The lowest BCUT2D eigenvalue weighted by Crippen LogP contribution is -1.95. The van der Waals surface area contributed by atoms with Gasteiger partial charge in [-0.3, -0.25) is 4.79 Å². The molecule has 0 saturated heterocycles. The van der Waals surface area contributed by atoms with Crippen molar-refractivity contribution in [2.24, 2.45) is 0 Å². The minimum Gasteiger partial charge on any atom is -0.439 e. The molecule has 1 aromatic heterocycles. The monoisotopic (exact) mass is 275 g/mol. The maximum Gasteiger partial charge on any atom is 0.219 e. The van der Waals surface area contributed by atoms with Crippen LogP contribution in [0.2, 0.25) is 5.02 Å². The van der Waals surface area contributed by atoms with E-state index in [9.17, 15) is 4.79 Å². The number of nitrogens with zero attached hydrogens (tertiary/aromatic N) is 1. The van der Waals surface area contributed by atoms with Crippen LogP contribution in [0.25, 0.3) is 0 Å². The molecule has 2 aromatic rings. The molecule has 0 aliphatic heterocycles. The number of hydrogen-bond acceptors (Lipinski definition) is 3. The van der Waals surface area contributed by atoms with Crippen molar-refractivity contribution < 1.29 is 9.53 Å². The zero-order valence-corrected chi connectivity index (χ0v) is 11.8. The standard InChI is InChI=1S/C15H14ClNO2/c1-9-6-13(7-10(2)15(9)16)19-14-5-4-12(8-17-14)11(3)18/h4-8H,1-3H3. The van der Waals surface area contributed by atoms with E-state index in [1.165, 1.54) is 13.1 Å². The number of benzene rings is 1. The van der Waals surface area contributed by atoms with Gasteiger partial charge in [0.15, 0.2) is 5.78 Å². The number of pyridine rings is 1. The van der Waals surface area contributed by atoms with E-state index in [1.807, 2.05) is 26.0 Å².